The van der Waals surface area contributed by atoms with E-state index < -0.39 is 0 Å². The molecule has 172 valence electrons. The van der Waals surface area contributed by atoms with E-state index >= 15 is 0 Å². The van der Waals surface area contributed by atoms with Crippen LogP contribution in [0.15, 0.2) is 59.1 Å². The van der Waals surface area contributed by atoms with Crippen LogP contribution in [0.5, 0.6) is 5.75 Å². The van der Waals surface area contributed by atoms with Crippen LogP contribution in [0.2, 0.25) is 0 Å². The van der Waals surface area contributed by atoms with Crippen LogP contribution in [-0.2, 0) is 4.79 Å². The van der Waals surface area contributed by atoms with Crippen LogP contribution in [0, 0.1) is 5.92 Å². The molecule has 2 fully saturated rings. The number of methoxy groups -OCH3 is 1. The number of para-hydroxylation sites is 1. The Kier molecular flexibility index (Phi) is 6.15. The number of piperidine rings is 1. The van der Waals surface area contributed by atoms with Crippen LogP contribution in [0.25, 0.3) is 11.4 Å². The van der Waals surface area contributed by atoms with Crippen molar-refractivity contribution in [2.24, 2.45) is 5.92 Å². The van der Waals surface area contributed by atoms with Gasteiger partial charge in [-0.15, -0.1) is 0 Å². The Balaban J connectivity index is 1.11. The molecule has 0 saturated carbocycles. The summed E-state index contributed by atoms with van der Waals surface area (Å²) in [6, 6.07) is 18.7. The van der Waals surface area contributed by atoms with Gasteiger partial charge in [0.15, 0.2) is 0 Å². The smallest absolute Gasteiger partial charge is 0.324 e. The minimum absolute atomic E-state index is 0.0241. The van der Waals surface area contributed by atoms with E-state index in [-0.39, 0.29) is 17.9 Å². The van der Waals surface area contributed by atoms with Crippen molar-refractivity contribution in [3.63, 3.8) is 0 Å². The van der Waals surface area contributed by atoms with Crippen LogP contribution in [-0.4, -0.2) is 55.4 Å². The second-order valence-electron chi connectivity index (χ2n) is 8.67. The van der Waals surface area contributed by atoms with Gasteiger partial charge >= 0.3 is 6.01 Å². The molecule has 0 bridgehead atoms. The van der Waals surface area contributed by atoms with Gasteiger partial charge in [0.25, 0.3) is 0 Å². The van der Waals surface area contributed by atoms with Gasteiger partial charge in [-0.1, -0.05) is 23.4 Å². The number of anilines is 2. The molecule has 0 aliphatic carbocycles. The molecule has 1 atom stereocenters. The molecule has 3 heterocycles. The first-order valence-corrected chi connectivity index (χ1v) is 11.5. The van der Waals surface area contributed by atoms with Crippen molar-refractivity contribution >= 4 is 17.6 Å². The Morgan fingerprint density at radius 2 is 1.73 bits per heavy atom. The van der Waals surface area contributed by atoms with Gasteiger partial charge in [-0.2, -0.15) is 4.98 Å². The average Bonchev–Trinajstić information content (AvgIpc) is 3.55. The number of carbonyl (C=O) groups excluding carboxylic acids is 1. The lowest BCUT2D eigenvalue weighted by Gasteiger charge is -2.30. The van der Waals surface area contributed by atoms with Crippen molar-refractivity contribution in [3.05, 3.63) is 54.6 Å². The zero-order chi connectivity index (χ0) is 22.6. The summed E-state index contributed by atoms with van der Waals surface area (Å²) >= 11 is 0. The fourth-order valence-corrected chi connectivity index (χ4v) is 4.60. The highest BCUT2D eigenvalue weighted by Crippen LogP contribution is 2.26. The lowest BCUT2D eigenvalue weighted by molar-refractivity contribution is -0.126. The lowest BCUT2D eigenvalue weighted by Crippen LogP contribution is -2.44. The standard InChI is InChI=1S/C25H29N5O3/c1-32-22-9-7-18(8-10-22)23-27-25(33-28-23)29-14-11-19(12-15-29)24(31)26-20-13-16-30(17-20)21-5-3-2-4-6-21/h2-10,19-20H,11-17H2,1H3,(H,26,31). The molecule has 2 aromatic carbocycles. The number of carbonyl (C=O) groups is 1. The predicted molar refractivity (Wildman–Crippen MR) is 126 cm³/mol. The Bertz CT molecular complexity index is 1060. The van der Waals surface area contributed by atoms with Crippen molar-refractivity contribution in [1.82, 2.24) is 15.5 Å². The van der Waals surface area contributed by atoms with Crippen molar-refractivity contribution in [2.75, 3.05) is 43.1 Å². The Morgan fingerprint density at radius 3 is 2.45 bits per heavy atom. The zero-order valence-electron chi connectivity index (χ0n) is 18.8. The summed E-state index contributed by atoms with van der Waals surface area (Å²) in [6.45, 7) is 3.29. The average molecular weight is 448 g/mol. The third-order valence-corrected chi connectivity index (χ3v) is 6.56. The molecular formula is C25H29N5O3. The van der Waals surface area contributed by atoms with Crippen LogP contribution >= 0.6 is 0 Å². The van der Waals surface area contributed by atoms with Gasteiger partial charge in [-0.05, 0) is 55.7 Å². The number of hydrogen-bond acceptors (Lipinski definition) is 7. The fraction of sp³-hybridized carbons (Fsp3) is 0.400. The third kappa shape index (κ3) is 4.79. The maximum absolute atomic E-state index is 12.9. The summed E-state index contributed by atoms with van der Waals surface area (Å²) in [5.41, 5.74) is 2.09. The first-order chi connectivity index (χ1) is 16.2. The van der Waals surface area contributed by atoms with Crippen molar-refractivity contribution in [2.45, 2.75) is 25.3 Å². The summed E-state index contributed by atoms with van der Waals surface area (Å²) in [6.07, 6.45) is 2.54. The number of benzene rings is 2. The molecule has 1 N–H and O–H groups in total. The zero-order valence-corrected chi connectivity index (χ0v) is 18.8. The molecule has 33 heavy (non-hydrogen) atoms. The normalized spacial score (nSPS) is 19.0. The number of amides is 1. The van der Waals surface area contributed by atoms with Gasteiger partial charge in [0.05, 0.1) is 7.11 Å². The Morgan fingerprint density at radius 1 is 1.00 bits per heavy atom. The monoisotopic (exact) mass is 447 g/mol. The molecule has 8 heteroatoms. The highest BCUT2D eigenvalue weighted by molar-refractivity contribution is 5.79. The number of nitrogens with zero attached hydrogens (tertiary/aromatic N) is 4. The van der Waals surface area contributed by atoms with E-state index in [1.54, 1.807) is 7.11 Å². The van der Waals surface area contributed by atoms with Gasteiger partial charge in [-0.3, -0.25) is 4.79 Å². The van der Waals surface area contributed by atoms with Gasteiger partial charge in [0.1, 0.15) is 5.75 Å². The maximum Gasteiger partial charge on any atom is 0.324 e. The number of ether oxygens (including phenoxy) is 1. The quantitative estimate of drug-likeness (QED) is 0.620. The van der Waals surface area contributed by atoms with Crippen molar-refractivity contribution in [3.8, 4) is 17.1 Å². The third-order valence-electron chi connectivity index (χ3n) is 6.56. The van der Waals surface area contributed by atoms with Gasteiger partial charge in [-0.25, -0.2) is 0 Å². The van der Waals surface area contributed by atoms with E-state index in [1.165, 1.54) is 5.69 Å². The molecule has 2 saturated heterocycles. The molecule has 5 rings (SSSR count). The van der Waals surface area contributed by atoms with Crippen LogP contribution in [0.1, 0.15) is 19.3 Å². The maximum atomic E-state index is 12.9. The molecule has 1 unspecified atom stereocenters. The van der Waals surface area contributed by atoms with E-state index in [2.05, 4.69) is 49.5 Å². The highest BCUT2D eigenvalue weighted by atomic mass is 16.5. The second kappa shape index (κ2) is 9.52. The van der Waals surface area contributed by atoms with Crippen LogP contribution in [0.4, 0.5) is 11.7 Å². The minimum atomic E-state index is 0.0241. The molecule has 2 aliphatic rings. The Labute approximate surface area is 193 Å². The number of rotatable bonds is 6. The van der Waals surface area contributed by atoms with Gasteiger partial charge in [0, 0.05) is 49.4 Å². The van der Waals surface area contributed by atoms with E-state index in [9.17, 15) is 4.79 Å². The SMILES string of the molecule is COc1ccc(-c2noc(N3CCC(C(=O)NC4CCN(c5ccccc5)C4)CC3)n2)cc1. The largest absolute Gasteiger partial charge is 0.497 e. The molecule has 8 nitrogen and oxygen atoms in total. The van der Waals surface area contributed by atoms with E-state index in [1.807, 2.05) is 30.3 Å². The summed E-state index contributed by atoms with van der Waals surface area (Å²) in [4.78, 5) is 21.8. The summed E-state index contributed by atoms with van der Waals surface area (Å²) < 4.78 is 10.7. The molecular weight excluding hydrogens is 418 g/mol. The molecule has 3 aromatic rings. The minimum Gasteiger partial charge on any atom is -0.497 e. The van der Waals surface area contributed by atoms with Gasteiger partial charge in [0.2, 0.25) is 11.7 Å². The first-order valence-electron chi connectivity index (χ1n) is 11.5. The Hall–Kier alpha value is -3.55. The van der Waals surface area contributed by atoms with Crippen molar-refractivity contribution < 1.29 is 14.1 Å². The predicted octanol–water partition coefficient (Wildman–Crippen LogP) is 3.36. The van der Waals surface area contributed by atoms with E-state index in [0.29, 0.717) is 11.8 Å². The van der Waals surface area contributed by atoms with Crippen LogP contribution in [0.3, 0.4) is 0 Å². The molecule has 2 aliphatic heterocycles. The van der Waals surface area contributed by atoms with Crippen LogP contribution < -0.4 is 19.9 Å². The topological polar surface area (TPSA) is 83.7 Å². The van der Waals surface area contributed by atoms with Crippen molar-refractivity contribution in [1.29, 1.82) is 0 Å². The summed E-state index contributed by atoms with van der Waals surface area (Å²) in [5, 5.41) is 7.40. The first kappa shape index (κ1) is 21.3. The highest BCUT2D eigenvalue weighted by Gasteiger charge is 2.30. The molecule has 0 spiro atoms. The summed E-state index contributed by atoms with van der Waals surface area (Å²) in [5.74, 6) is 1.53. The number of nitrogens with one attached hydrogen (secondary N) is 1. The van der Waals surface area contributed by atoms with E-state index in [4.69, 9.17) is 9.26 Å². The summed E-state index contributed by atoms with van der Waals surface area (Å²) in [7, 11) is 1.64. The molecule has 1 aromatic heterocycles. The second-order valence-corrected chi connectivity index (χ2v) is 8.67. The fourth-order valence-electron chi connectivity index (χ4n) is 4.60. The van der Waals surface area contributed by atoms with Gasteiger partial charge < -0.3 is 24.4 Å². The molecule has 1 amide bonds. The number of hydrogen-bond donors (Lipinski definition) is 1. The lowest BCUT2D eigenvalue weighted by atomic mass is 9.96. The molecule has 0 radical (unpaired) electrons. The van der Waals surface area contributed by atoms with E-state index in [0.717, 1.165) is 56.8 Å². The number of aromatic nitrogens is 2.